The minimum absolute atomic E-state index is 0.0731. The third-order valence-corrected chi connectivity index (χ3v) is 4.31. The predicted molar refractivity (Wildman–Crippen MR) is 100 cm³/mol. The number of carbonyl (C=O) groups is 2. The van der Waals surface area contributed by atoms with Crippen LogP contribution in [0.25, 0.3) is 11.1 Å². The van der Waals surface area contributed by atoms with Crippen LogP contribution in [0.5, 0.6) is 0 Å². The lowest BCUT2D eigenvalue weighted by Gasteiger charge is -2.15. The highest BCUT2D eigenvalue weighted by Crippen LogP contribution is 2.32. The van der Waals surface area contributed by atoms with E-state index in [0.717, 1.165) is 35.1 Å². The summed E-state index contributed by atoms with van der Waals surface area (Å²) in [7, 11) is 0. The first kappa shape index (κ1) is 17.9. The normalized spacial score (nSPS) is 11.8. The van der Waals surface area contributed by atoms with E-state index in [-0.39, 0.29) is 11.6 Å². The predicted octanol–water partition coefficient (Wildman–Crippen LogP) is 5.82. The van der Waals surface area contributed by atoms with E-state index in [9.17, 15) is 9.59 Å². The Kier molecular flexibility index (Phi) is 5.86. The van der Waals surface area contributed by atoms with Gasteiger partial charge in [-0.05, 0) is 61.1 Å². The highest BCUT2D eigenvalue weighted by atomic mass is 16.1. The van der Waals surface area contributed by atoms with Crippen molar-refractivity contribution in [3.05, 3.63) is 70.8 Å². The standard InChI is InChI=1S/C22H24O2/c1-5-21(19-11-7-9-17(13-19)15(3)23)22(6-2)20-12-8-10-18(14-20)16(4)24/h7-14H,5-6H2,1-4H3/b22-21+. The number of hydrogen-bond acceptors (Lipinski definition) is 2. The van der Waals surface area contributed by atoms with Gasteiger partial charge in [0.15, 0.2) is 11.6 Å². The monoisotopic (exact) mass is 320 g/mol. The van der Waals surface area contributed by atoms with Crippen molar-refractivity contribution in [2.75, 3.05) is 0 Å². The molecule has 2 nitrogen and oxygen atoms in total. The first-order chi connectivity index (χ1) is 11.5. The SMILES string of the molecule is CC/C(=C(/CC)c1cccc(C(C)=O)c1)c1cccc(C(C)=O)c1. The molecule has 2 aromatic rings. The molecule has 0 N–H and O–H groups in total. The summed E-state index contributed by atoms with van der Waals surface area (Å²) in [4.78, 5) is 23.4. The Bertz CT molecular complexity index is 730. The number of carbonyl (C=O) groups excluding carboxylic acids is 2. The minimum atomic E-state index is 0.0731. The van der Waals surface area contributed by atoms with Gasteiger partial charge >= 0.3 is 0 Å². The largest absolute Gasteiger partial charge is 0.295 e. The molecule has 2 aromatic carbocycles. The van der Waals surface area contributed by atoms with Crippen LogP contribution in [0.4, 0.5) is 0 Å². The number of benzene rings is 2. The van der Waals surface area contributed by atoms with Crippen LogP contribution in [0, 0.1) is 0 Å². The van der Waals surface area contributed by atoms with Crippen molar-refractivity contribution in [2.24, 2.45) is 0 Å². The minimum Gasteiger partial charge on any atom is -0.295 e. The second-order valence-electron chi connectivity index (χ2n) is 5.94. The van der Waals surface area contributed by atoms with Crippen LogP contribution in [0.3, 0.4) is 0 Å². The van der Waals surface area contributed by atoms with Crippen molar-refractivity contribution in [3.63, 3.8) is 0 Å². The number of rotatable bonds is 6. The number of ketones is 2. The van der Waals surface area contributed by atoms with E-state index in [1.54, 1.807) is 13.8 Å². The molecule has 2 heteroatoms. The lowest BCUT2D eigenvalue weighted by molar-refractivity contribution is 0.100. The molecule has 0 saturated carbocycles. The summed E-state index contributed by atoms with van der Waals surface area (Å²) in [5.41, 5.74) is 6.06. The van der Waals surface area contributed by atoms with E-state index >= 15 is 0 Å². The molecule has 24 heavy (non-hydrogen) atoms. The van der Waals surface area contributed by atoms with Crippen LogP contribution in [0.15, 0.2) is 48.5 Å². The molecule has 0 bridgehead atoms. The van der Waals surface area contributed by atoms with Gasteiger partial charge < -0.3 is 0 Å². The summed E-state index contributed by atoms with van der Waals surface area (Å²) in [6.07, 6.45) is 1.74. The molecule has 2 rings (SSSR count). The molecule has 0 aliphatic rings. The highest BCUT2D eigenvalue weighted by Gasteiger charge is 2.11. The average Bonchev–Trinajstić information content (AvgIpc) is 2.59. The third-order valence-electron chi connectivity index (χ3n) is 4.31. The molecular weight excluding hydrogens is 296 g/mol. The molecule has 0 radical (unpaired) electrons. The number of hydrogen-bond donors (Lipinski definition) is 0. The van der Waals surface area contributed by atoms with E-state index < -0.39 is 0 Å². The molecule has 0 atom stereocenters. The lowest BCUT2D eigenvalue weighted by atomic mass is 9.89. The van der Waals surface area contributed by atoms with Crippen molar-refractivity contribution in [1.29, 1.82) is 0 Å². The van der Waals surface area contributed by atoms with Gasteiger partial charge in [-0.2, -0.15) is 0 Å². The summed E-state index contributed by atoms with van der Waals surface area (Å²) in [5.74, 6) is 0.146. The van der Waals surface area contributed by atoms with E-state index in [2.05, 4.69) is 26.0 Å². The smallest absolute Gasteiger partial charge is 0.159 e. The van der Waals surface area contributed by atoms with Crippen molar-refractivity contribution >= 4 is 22.7 Å². The third kappa shape index (κ3) is 3.88. The molecule has 0 spiro atoms. The first-order valence-corrected chi connectivity index (χ1v) is 8.42. The topological polar surface area (TPSA) is 34.1 Å². The van der Waals surface area contributed by atoms with Gasteiger partial charge in [0.2, 0.25) is 0 Å². The Hall–Kier alpha value is -2.48. The lowest BCUT2D eigenvalue weighted by Crippen LogP contribution is -1.98. The van der Waals surface area contributed by atoms with Crippen LogP contribution < -0.4 is 0 Å². The number of allylic oxidation sites excluding steroid dienone is 2. The van der Waals surface area contributed by atoms with Crippen LogP contribution in [-0.2, 0) is 0 Å². The van der Waals surface area contributed by atoms with Gasteiger partial charge in [0.1, 0.15) is 0 Å². The first-order valence-electron chi connectivity index (χ1n) is 8.42. The van der Waals surface area contributed by atoms with Crippen molar-refractivity contribution < 1.29 is 9.59 Å². The van der Waals surface area contributed by atoms with E-state index in [1.807, 2.05) is 36.4 Å². The van der Waals surface area contributed by atoms with Crippen LogP contribution in [-0.4, -0.2) is 11.6 Å². The average molecular weight is 320 g/mol. The van der Waals surface area contributed by atoms with Crippen LogP contribution in [0.1, 0.15) is 72.4 Å². The zero-order valence-electron chi connectivity index (χ0n) is 14.8. The van der Waals surface area contributed by atoms with Crippen LogP contribution in [0.2, 0.25) is 0 Å². The fraction of sp³-hybridized carbons (Fsp3) is 0.273. The van der Waals surface area contributed by atoms with Gasteiger partial charge in [-0.1, -0.05) is 50.2 Å². The molecule has 0 fully saturated rings. The fourth-order valence-electron chi connectivity index (χ4n) is 3.04. The summed E-state index contributed by atoms with van der Waals surface area (Å²) in [6.45, 7) is 7.43. The molecule has 0 aliphatic carbocycles. The maximum Gasteiger partial charge on any atom is 0.159 e. The molecular formula is C22H24O2. The fourth-order valence-corrected chi connectivity index (χ4v) is 3.04. The molecule has 0 amide bonds. The van der Waals surface area contributed by atoms with E-state index in [0.29, 0.717) is 0 Å². The summed E-state index contributed by atoms with van der Waals surface area (Å²) in [5, 5.41) is 0. The Balaban J connectivity index is 2.62. The zero-order chi connectivity index (χ0) is 17.7. The van der Waals surface area contributed by atoms with E-state index in [1.165, 1.54) is 11.1 Å². The van der Waals surface area contributed by atoms with Gasteiger partial charge in [-0.15, -0.1) is 0 Å². The second-order valence-corrected chi connectivity index (χ2v) is 5.94. The van der Waals surface area contributed by atoms with Crippen molar-refractivity contribution in [3.8, 4) is 0 Å². The molecule has 0 heterocycles. The molecule has 0 aliphatic heterocycles. The van der Waals surface area contributed by atoms with Crippen molar-refractivity contribution in [1.82, 2.24) is 0 Å². The highest BCUT2D eigenvalue weighted by molar-refractivity contribution is 5.98. The van der Waals surface area contributed by atoms with Gasteiger partial charge in [0.25, 0.3) is 0 Å². The van der Waals surface area contributed by atoms with Gasteiger partial charge in [0.05, 0.1) is 0 Å². The van der Waals surface area contributed by atoms with Gasteiger partial charge in [-0.3, -0.25) is 9.59 Å². The summed E-state index contributed by atoms with van der Waals surface area (Å²) in [6, 6.07) is 15.6. The summed E-state index contributed by atoms with van der Waals surface area (Å²) >= 11 is 0. The summed E-state index contributed by atoms with van der Waals surface area (Å²) < 4.78 is 0. The molecule has 0 unspecified atom stereocenters. The van der Waals surface area contributed by atoms with E-state index in [4.69, 9.17) is 0 Å². The Morgan fingerprint density at radius 1 is 0.667 bits per heavy atom. The maximum absolute atomic E-state index is 11.7. The zero-order valence-corrected chi connectivity index (χ0v) is 14.8. The van der Waals surface area contributed by atoms with Crippen molar-refractivity contribution in [2.45, 2.75) is 40.5 Å². The van der Waals surface area contributed by atoms with Gasteiger partial charge in [0, 0.05) is 11.1 Å². The van der Waals surface area contributed by atoms with Gasteiger partial charge in [-0.25, -0.2) is 0 Å². The Labute approximate surface area is 144 Å². The molecule has 124 valence electrons. The molecule has 0 saturated heterocycles. The number of Topliss-reactive ketones (excluding diaryl/α,β-unsaturated/α-hetero) is 2. The Morgan fingerprint density at radius 3 is 1.29 bits per heavy atom. The maximum atomic E-state index is 11.7. The second kappa shape index (κ2) is 7.87. The van der Waals surface area contributed by atoms with Crippen LogP contribution >= 0.6 is 0 Å². The quantitative estimate of drug-likeness (QED) is 0.496. The Morgan fingerprint density at radius 2 is 1.00 bits per heavy atom. The molecule has 0 aromatic heterocycles.